The number of ether oxygens (including phenoxy) is 1. The molecule has 1 aromatic carbocycles. The molecule has 102 valence electrons. The van der Waals surface area contributed by atoms with Gasteiger partial charge in [-0.1, -0.05) is 11.6 Å². The van der Waals surface area contributed by atoms with Crippen LogP contribution in [0.5, 0.6) is 5.75 Å². The summed E-state index contributed by atoms with van der Waals surface area (Å²) in [5.74, 6) is 1.01. The Balaban J connectivity index is 2.38. The lowest BCUT2D eigenvalue weighted by molar-refractivity contribution is 0.413. The fourth-order valence-corrected chi connectivity index (χ4v) is 2.35. The first kappa shape index (κ1) is 12.7. The van der Waals surface area contributed by atoms with Crippen LogP contribution in [0.3, 0.4) is 0 Å². The van der Waals surface area contributed by atoms with E-state index in [4.69, 9.17) is 22.1 Å². The molecule has 3 aromatic rings. The number of aromatic nitrogens is 3. The van der Waals surface area contributed by atoms with Crippen LogP contribution in [0.15, 0.2) is 30.5 Å². The van der Waals surface area contributed by atoms with Crippen molar-refractivity contribution >= 4 is 28.7 Å². The monoisotopic (exact) mass is 288 g/mol. The molecular formula is C14H13ClN4O. The van der Waals surface area contributed by atoms with Crippen molar-refractivity contribution in [3.05, 3.63) is 41.0 Å². The zero-order valence-electron chi connectivity index (χ0n) is 11.1. The fourth-order valence-electron chi connectivity index (χ4n) is 2.19. The maximum Gasteiger partial charge on any atom is 0.207 e. The smallest absolute Gasteiger partial charge is 0.207 e. The summed E-state index contributed by atoms with van der Waals surface area (Å²) in [6, 6.07) is 7.23. The maximum absolute atomic E-state index is 6.07. The highest BCUT2D eigenvalue weighted by atomic mass is 35.5. The molecule has 0 saturated heterocycles. The predicted octanol–water partition coefficient (Wildman–Crippen LogP) is 2.97. The summed E-state index contributed by atoms with van der Waals surface area (Å²) in [4.78, 5) is 8.74. The molecule has 20 heavy (non-hydrogen) atoms. The van der Waals surface area contributed by atoms with Crippen molar-refractivity contribution in [1.82, 2.24) is 14.5 Å². The van der Waals surface area contributed by atoms with Crippen LogP contribution in [0.25, 0.3) is 16.9 Å². The molecule has 0 aliphatic carbocycles. The van der Waals surface area contributed by atoms with Crippen LogP contribution < -0.4 is 10.5 Å². The number of rotatable bonds is 2. The number of hydrogen-bond acceptors (Lipinski definition) is 4. The van der Waals surface area contributed by atoms with Gasteiger partial charge in [-0.05, 0) is 36.8 Å². The normalized spacial score (nSPS) is 10.9. The number of aryl methyl sites for hydroxylation is 1. The zero-order chi connectivity index (χ0) is 14.3. The number of anilines is 1. The molecule has 0 fully saturated rings. The quantitative estimate of drug-likeness (QED) is 0.787. The Morgan fingerprint density at radius 3 is 2.85 bits per heavy atom. The van der Waals surface area contributed by atoms with E-state index in [0.717, 1.165) is 16.8 Å². The number of nitrogens with zero attached hydrogens (tertiary/aromatic N) is 3. The minimum atomic E-state index is 0.349. The largest absolute Gasteiger partial charge is 0.495 e. The topological polar surface area (TPSA) is 66.0 Å². The van der Waals surface area contributed by atoms with Crippen LogP contribution >= 0.6 is 11.6 Å². The molecule has 6 heteroatoms. The molecule has 0 unspecified atom stereocenters. The first-order chi connectivity index (χ1) is 9.61. The van der Waals surface area contributed by atoms with Gasteiger partial charge in [0.25, 0.3) is 0 Å². The molecule has 5 nitrogen and oxygen atoms in total. The van der Waals surface area contributed by atoms with Gasteiger partial charge in [0.15, 0.2) is 5.65 Å². The minimum Gasteiger partial charge on any atom is -0.495 e. The second-order valence-electron chi connectivity index (χ2n) is 4.42. The lowest BCUT2D eigenvalue weighted by Crippen LogP contribution is -2.03. The van der Waals surface area contributed by atoms with Crippen molar-refractivity contribution in [2.75, 3.05) is 12.8 Å². The van der Waals surface area contributed by atoms with Gasteiger partial charge in [-0.2, -0.15) is 0 Å². The molecule has 0 bridgehead atoms. The summed E-state index contributed by atoms with van der Waals surface area (Å²) >= 11 is 6.07. The van der Waals surface area contributed by atoms with Crippen molar-refractivity contribution in [2.45, 2.75) is 6.92 Å². The molecule has 2 N–H and O–H groups in total. The van der Waals surface area contributed by atoms with E-state index in [0.29, 0.717) is 22.4 Å². The van der Waals surface area contributed by atoms with Gasteiger partial charge in [-0.15, -0.1) is 0 Å². The third-order valence-corrected chi connectivity index (χ3v) is 3.39. The van der Waals surface area contributed by atoms with Gasteiger partial charge in [0.05, 0.1) is 12.8 Å². The first-order valence-corrected chi connectivity index (χ1v) is 6.43. The van der Waals surface area contributed by atoms with Gasteiger partial charge in [0.1, 0.15) is 11.3 Å². The van der Waals surface area contributed by atoms with E-state index in [1.165, 1.54) is 0 Å². The summed E-state index contributed by atoms with van der Waals surface area (Å²) in [6.07, 6.45) is 1.73. The maximum atomic E-state index is 6.07. The highest BCUT2D eigenvalue weighted by molar-refractivity contribution is 6.30. The van der Waals surface area contributed by atoms with Crippen molar-refractivity contribution in [2.24, 2.45) is 0 Å². The number of nitrogen functional groups attached to an aromatic ring is 1. The van der Waals surface area contributed by atoms with E-state index in [2.05, 4.69) is 9.97 Å². The lowest BCUT2D eigenvalue weighted by atomic mass is 10.2. The van der Waals surface area contributed by atoms with Crippen LogP contribution in [0, 0.1) is 6.92 Å². The van der Waals surface area contributed by atoms with E-state index < -0.39 is 0 Å². The molecule has 0 saturated carbocycles. The van der Waals surface area contributed by atoms with Crippen molar-refractivity contribution < 1.29 is 4.74 Å². The van der Waals surface area contributed by atoms with Gasteiger partial charge in [-0.3, -0.25) is 4.57 Å². The summed E-state index contributed by atoms with van der Waals surface area (Å²) < 4.78 is 7.11. The van der Waals surface area contributed by atoms with Gasteiger partial charge in [-0.25, -0.2) is 9.97 Å². The Hall–Kier alpha value is -2.27. The predicted molar refractivity (Wildman–Crippen MR) is 79.6 cm³/mol. The van der Waals surface area contributed by atoms with E-state index in [9.17, 15) is 0 Å². The standard InChI is InChI=1S/C14H13ClN4O/c1-8-5-6-17-13-12(8)18-14(16)19(13)10-7-9(15)3-4-11(10)20-2/h3-7H,1-2H3,(H2,16,18). The number of imidazole rings is 1. The average molecular weight is 289 g/mol. The van der Waals surface area contributed by atoms with Crippen molar-refractivity contribution in [3.8, 4) is 11.4 Å². The van der Waals surface area contributed by atoms with Crippen LogP contribution in [-0.4, -0.2) is 21.6 Å². The number of fused-ring (bicyclic) bond motifs is 1. The SMILES string of the molecule is COc1ccc(Cl)cc1-n1c(N)nc2c(C)ccnc21. The molecule has 0 aliphatic heterocycles. The Morgan fingerprint density at radius 2 is 2.10 bits per heavy atom. The van der Waals surface area contributed by atoms with Crippen LogP contribution in [-0.2, 0) is 0 Å². The van der Waals surface area contributed by atoms with Crippen LogP contribution in [0.2, 0.25) is 5.02 Å². The molecule has 3 rings (SSSR count). The number of methoxy groups -OCH3 is 1. The lowest BCUT2D eigenvalue weighted by Gasteiger charge is -2.11. The molecule has 0 atom stereocenters. The van der Waals surface area contributed by atoms with Gasteiger partial charge in [0, 0.05) is 11.2 Å². The molecule has 2 aromatic heterocycles. The van der Waals surface area contributed by atoms with Crippen molar-refractivity contribution in [1.29, 1.82) is 0 Å². The average Bonchev–Trinajstić information content (AvgIpc) is 2.76. The van der Waals surface area contributed by atoms with Crippen LogP contribution in [0.4, 0.5) is 5.95 Å². The highest BCUT2D eigenvalue weighted by Crippen LogP contribution is 2.31. The third-order valence-electron chi connectivity index (χ3n) is 3.16. The number of halogens is 1. The zero-order valence-corrected chi connectivity index (χ0v) is 11.8. The number of hydrogen-bond donors (Lipinski definition) is 1. The molecule has 0 aliphatic rings. The van der Waals surface area contributed by atoms with E-state index in [1.807, 2.05) is 13.0 Å². The molecule has 0 spiro atoms. The first-order valence-electron chi connectivity index (χ1n) is 6.05. The molecule has 0 radical (unpaired) electrons. The van der Waals surface area contributed by atoms with Crippen molar-refractivity contribution in [3.63, 3.8) is 0 Å². The second-order valence-corrected chi connectivity index (χ2v) is 4.86. The summed E-state index contributed by atoms with van der Waals surface area (Å²) in [5, 5.41) is 0.592. The summed E-state index contributed by atoms with van der Waals surface area (Å²) in [5.41, 5.74) is 9.23. The molecule has 2 heterocycles. The summed E-state index contributed by atoms with van der Waals surface area (Å²) in [7, 11) is 1.60. The van der Waals surface area contributed by atoms with E-state index in [-0.39, 0.29) is 0 Å². The van der Waals surface area contributed by atoms with E-state index in [1.54, 1.807) is 36.1 Å². The summed E-state index contributed by atoms with van der Waals surface area (Å²) in [6.45, 7) is 1.97. The fraction of sp³-hybridized carbons (Fsp3) is 0.143. The molecule has 0 amide bonds. The third kappa shape index (κ3) is 1.87. The van der Waals surface area contributed by atoms with Gasteiger partial charge in [0.2, 0.25) is 5.95 Å². The van der Waals surface area contributed by atoms with E-state index >= 15 is 0 Å². The van der Waals surface area contributed by atoms with Crippen LogP contribution in [0.1, 0.15) is 5.56 Å². The Labute approximate surface area is 121 Å². The van der Waals surface area contributed by atoms with Gasteiger partial charge < -0.3 is 10.5 Å². The Bertz CT molecular complexity index is 797. The Kier molecular flexibility index (Phi) is 2.99. The highest BCUT2D eigenvalue weighted by Gasteiger charge is 2.16. The number of benzene rings is 1. The molecular weight excluding hydrogens is 276 g/mol. The second kappa shape index (κ2) is 4.68. The minimum absolute atomic E-state index is 0.349. The van der Waals surface area contributed by atoms with Gasteiger partial charge >= 0.3 is 0 Å². The number of pyridine rings is 1. The Morgan fingerprint density at radius 1 is 1.30 bits per heavy atom. The number of nitrogens with two attached hydrogens (primary N) is 1.